The van der Waals surface area contributed by atoms with Crippen molar-refractivity contribution in [1.29, 1.82) is 0 Å². The Hall–Kier alpha value is -2.58. The molecule has 0 fully saturated rings. The molecule has 0 radical (unpaired) electrons. The quantitative estimate of drug-likeness (QED) is 0.180. The lowest BCUT2D eigenvalue weighted by Crippen LogP contribution is -2.61. The normalized spacial score (nSPS) is 14.5. The van der Waals surface area contributed by atoms with Gasteiger partial charge in [-0.3, -0.25) is 9.35 Å². The van der Waals surface area contributed by atoms with Gasteiger partial charge in [-0.1, -0.05) is 36.9 Å². The van der Waals surface area contributed by atoms with Crippen molar-refractivity contribution >= 4 is 22.0 Å². The molecule has 0 saturated heterocycles. The lowest BCUT2D eigenvalue weighted by Gasteiger charge is -2.33. The predicted octanol–water partition coefficient (Wildman–Crippen LogP) is 2.18. The van der Waals surface area contributed by atoms with E-state index in [-0.39, 0.29) is 6.08 Å². The van der Waals surface area contributed by atoms with Gasteiger partial charge in [0.2, 0.25) is 0 Å². The first kappa shape index (κ1) is 25.5. The van der Waals surface area contributed by atoms with Gasteiger partial charge in [-0.2, -0.15) is 30.4 Å². The van der Waals surface area contributed by atoms with Crippen molar-refractivity contribution in [3.63, 3.8) is 0 Å². The molecule has 0 spiro atoms. The minimum absolute atomic E-state index is 0.265. The van der Waals surface area contributed by atoms with Crippen LogP contribution in [0.1, 0.15) is 12.0 Å². The van der Waals surface area contributed by atoms with Crippen LogP contribution in [0.15, 0.2) is 43.0 Å². The van der Waals surface area contributed by atoms with E-state index in [9.17, 15) is 40.0 Å². The number of benzene rings is 1. The summed E-state index contributed by atoms with van der Waals surface area (Å²) in [5.41, 5.74) is 0.342. The first-order valence-corrected chi connectivity index (χ1v) is 9.33. The lowest BCUT2D eigenvalue weighted by molar-refractivity contribution is -0.347. The number of hydrogen-bond donors (Lipinski definition) is 2. The first-order valence-electron chi connectivity index (χ1n) is 7.89. The van der Waals surface area contributed by atoms with Gasteiger partial charge in [0.05, 0.1) is 13.0 Å². The van der Waals surface area contributed by atoms with Gasteiger partial charge in [-0.15, -0.1) is 0 Å². The Bertz CT molecular complexity index is 874. The monoisotopic (exact) mass is 461 g/mol. The number of carbonyl (C=O) groups excluding carboxylic acids is 2. The van der Waals surface area contributed by atoms with Gasteiger partial charge in [-0.05, 0) is 5.56 Å². The summed E-state index contributed by atoms with van der Waals surface area (Å²) in [7, 11) is -5.97. The Morgan fingerprint density at radius 2 is 1.70 bits per heavy atom. The molecular formula is C16H16F5NO7S. The molecule has 0 bridgehead atoms. The van der Waals surface area contributed by atoms with Crippen LogP contribution in [0.2, 0.25) is 0 Å². The Balaban J connectivity index is 3.16. The van der Waals surface area contributed by atoms with E-state index in [0.29, 0.717) is 5.56 Å². The SMILES string of the molecule is C=CC(=O)OC(OCCC(F)(F)S(=O)(=O)O)(C(=O)NCc1ccccc1)C(F)(F)F. The van der Waals surface area contributed by atoms with Crippen molar-refractivity contribution in [2.24, 2.45) is 0 Å². The maximum Gasteiger partial charge on any atom is 0.466 e. The number of amides is 1. The molecule has 14 heteroatoms. The largest absolute Gasteiger partial charge is 0.466 e. The van der Waals surface area contributed by atoms with E-state index in [2.05, 4.69) is 16.1 Å². The highest BCUT2D eigenvalue weighted by atomic mass is 32.2. The number of rotatable bonds is 10. The van der Waals surface area contributed by atoms with Crippen molar-refractivity contribution in [1.82, 2.24) is 5.32 Å². The lowest BCUT2D eigenvalue weighted by atomic mass is 10.2. The maximum absolute atomic E-state index is 13.6. The van der Waals surface area contributed by atoms with Gasteiger partial charge in [0, 0.05) is 12.6 Å². The molecule has 30 heavy (non-hydrogen) atoms. The Morgan fingerprint density at radius 1 is 1.13 bits per heavy atom. The third-order valence-corrected chi connectivity index (χ3v) is 4.41. The summed E-state index contributed by atoms with van der Waals surface area (Å²) >= 11 is 0. The molecule has 168 valence electrons. The van der Waals surface area contributed by atoms with Crippen molar-refractivity contribution in [3.05, 3.63) is 48.6 Å². The molecule has 0 saturated carbocycles. The average molecular weight is 461 g/mol. The molecule has 0 aliphatic heterocycles. The number of carbonyl (C=O) groups is 2. The highest BCUT2D eigenvalue weighted by Gasteiger charge is 2.66. The highest BCUT2D eigenvalue weighted by molar-refractivity contribution is 7.86. The molecule has 0 aliphatic carbocycles. The minimum Gasteiger partial charge on any atom is -0.412 e. The molecule has 0 aromatic heterocycles. The van der Waals surface area contributed by atoms with Gasteiger partial charge in [0.15, 0.2) is 0 Å². The second kappa shape index (κ2) is 9.49. The van der Waals surface area contributed by atoms with Crippen LogP contribution < -0.4 is 5.32 Å². The molecule has 2 N–H and O–H groups in total. The second-order valence-corrected chi connectivity index (χ2v) is 7.17. The van der Waals surface area contributed by atoms with Crippen molar-refractivity contribution in [3.8, 4) is 0 Å². The summed E-state index contributed by atoms with van der Waals surface area (Å²) < 4.78 is 105. The molecule has 1 aromatic carbocycles. The molecule has 0 aliphatic rings. The third-order valence-electron chi connectivity index (χ3n) is 3.45. The topological polar surface area (TPSA) is 119 Å². The van der Waals surface area contributed by atoms with Crippen LogP contribution in [-0.4, -0.2) is 48.7 Å². The van der Waals surface area contributed by atoms with E-state index in [0.717, 1.165) is 0 Å². The smallest absolute Gasteiger partial charge is 0.412 e. The third kappa shape index (κ3) is 6.21. The van der Waals surface area contributed by atoms with Crippen LogP contribution in [0, 0.1) is 0 Å². The molecule has 0 heterocycles. The Morgan fingerprint density at radius 3 is 2.17 bits per heavy atom. The molecule has 1 rings (SSSR count). The number of nitrogens with one attached hydrogen (secondary N) is 1. The van der Waals surface area contributed by atoms with E-state index in [1.54, 1.807) is 11.4 Å². The number of esters is 1. The molecule has 8 nitrogen and oxygen atoms in total. The molecule has 1 unspecified atom stereocenters. The highest BCUT2D eigenvalue weighted by Crippen LogP contribution is 2.37. The van der Waals surface area contributed by atoms with Gasteiger partial charge in [0.1, 0.15) is 0 Å². The van der Waals surface area contributed by atoms with Crippen LogP contribution in [0.3, 0.4) is 0 Å². The van der Waals surface area contributed by atoms with Gasteiger partial charge in [0.25, 0.3) is 0 Å². The van der Waals surface area contributed by atoms with Crippen LogP contribution in [0.5, 0.6) is 0 Å². The zero-order valence-electron chi connectivity index (χ0n) is 15.0. The van der Waals surface area contributed by atoms with Crippen LogP contribution in [0.25, 0.3) is 0 Å². The van der Waals surface area contributed by atoms with Crippen LogP contribution >= 0.6 is 0 Å². The Kier molecular flexibility index (Phi) is 8.05. The number of ether oxygens (including phenoxy) is 2. The molecule has 1 atom stereocenters. The fourth-order valence-corrected chi connectivity index (χ4v) is 2.27. The first-order chi connectivity index (χ1) is 13.7. The average Bonchev–Trinajstić information content (AvgIpc) is 2.63. The molecule has 1 aromatic rings. The fourth-order valence-electron chi connectivity index (χ4n) is 1.93. The van der Waals surface area contributed by atoms with E-state index in [4.69, 9.17) is 4.55 Å². The van der Waals surface area contributed by atoms with Gasteiger partial charge < -0.3 is 14.8 Å². The summed E-state index contributed by atoms with van der Waals surface area (Å²) in [5, 5.41) is -3.08. The molecule has 1 amide bonds. The summed E-state index contributed by atoms with van der Waals surface area (Å²) in [5.74, 6) is -8.23. The fraction of sp³-hybridized carbons (Fsp3) is 0.375. The summed E-state index contributed by atoms with van der Waals surface area (Å²) in [6.07, 6.45) is -7.47. The summed E-state index contributed by atoms with van der Waals surface area (Å²) in [4.78, 5) is 23.7. The number of halogens is 5. The van der Waals surface area contributed by atoms with Gasteiger partial charge >= 0.3 is 39.2 Å². The minimum atomic E-state index is -5.97. The van der Waals surface area contributed by atoms with Crippen molar-refractivity contribution in [2.45, 2.75) is 30.2 Å². The Labute approximate surface area is 167 Å². The second-order valence-electron chi connectivity index (χ2n) is 5.62. The van der Waals surface area contributed by atoms with Crippen molar-refractivity contribution in [2.75, 3.05) is 6.61 Å². The number of alkyl halides is 5. The predicted molar refractivity (Wildman–Crippen MR) is 90.4 cm³/mol. The standard InChI is InChI=1S/C16H16F5NO7S/c1-2-12(23)29-15(16(19,20)21,28-9-8-14(17,18)30(25,26)27)13(24)22-10-11-6-4-3-5-7-11/h2-7H,1,8-10H2,(H,22,24)(H,25,26,27). The van der Waals surface area contributed by atoms with Crippen molar-refractivity contribution < 1.29 is 54.0 Å². The van der Waals surface area contributed by atoms with E-state index >= 15 is 0 Å². The molecular weight excluding hydrogens is 445 g/mol. The van der Waals surface area contributed by atoms with Crippen LogP contribution in [0.4, 0.5) is 22.0 Å². The zero-order valence-corrected chi connectivity index (χ0v) is 15.8. The summed E-state index contributed by atoms with van der Waals surface area (Å²) in [6.45, 7) is 0.651. The van der Waals surface area contributed by atoms with E-state index in [1.807, 2.05) is 0 Å². The number of hydrogen-bond acceptors (Lipinski definition) is 6. The van der Waals surface area contributed by atoms with E-state index in [1.165, 1.54) is 24.3 Å². The maximum atomic E-state index is 13.6. The zero-order chi connectivity index (χ0) is 23.2. The van der Waals surface area contributed by atoms with E-state index < -0.39 is 58.8 Å². The summed E-state index contributed by atoms with van der Waals surface area (Å²) in [6, 6.07) is 7.52. The van der Waals surface area contributed by atoms with Gasteiger partial charge in [-0.25, -0.2) is 4.79 Å². The van der Waals surface area contributed by atoms with Crippen LogP contribution in [-0.2, 0) is 35.7 Å².